The van der Waals surface area contributed by atoms with Gasteiger partial charge in [-0.25, -0.2) is 4.79 Å². The first-order chi connectivity index (χ1) is 18.0. The number of methoxy groups -OCH3 is 1. The summed E-state index contributed by atoms with van der Waals surface area (Å²) in [5.41, 5.74) is 3.36. The van der Waals surface area contributed by atoms with Crippen molar-refractivity contribution in [3.8, 4) is 11.3 Å². The van der Waals surface area contributed by atoms with E-state index in [1.165, 1.54) is 14.0 Å². The van der Waals surface area contributed by atoms with Crippen molar-refractivity contribution in [2.75, 3.05) is 17.3 Å². The molecule has 0 unspecified atom stereocenters. The number of esters is 1. The molecule has 4 aromatic rings. The van der Waals surface area contributed by atoms with Gasteiger partial charge in [0.2, 0.25) is 5.91 Å². The predicted molar refractivity (Wildman–Crippen MR) is 144 cm³/mol. The van der Waals surface area contributed by atoms with Crippen molar-refractivity contribution < 1.29 is 18.7 Å². The second kappa shape index (κ2) is 10.2. The fourth-order valence-corrected chi connectivity index (χ4v) is 4.82. The molecule has 9 heteroatoms. The van der Waals surface area contributed by atoms with E-state index in [0.29, 0.717) is 33.4 Å². The van der Waals surface area contributed by atoms with Gasteiger partial charge in [0.1, 0.15) is 17.6 Å². The van der Waals surface area contributed by atoms with Gasteiger partial charge in [-0.3, -0.25) is 9.78 Å². The fraction of sp³-hybridized carbons (Fsp3) is 0.143. The highest BCUT2D eigenvalue weighted by atomic mass is 32.1. The van der Waals surface area contributed by atoms with E-state index in [1.807, 2.05) is 71.6 Å². The van der Waals surface area contributed by atoms with Crippen LogP contribution in [0.15, 0.2) is 89.5 Å². The van der Waals surface area contributed by atoms with Crippen molar-refractivity contribution in [2.45, 2.75) is 19.0 Å². The van der Waals surface area contributed by atoms with Crippen LogP contribution in [0.5, 0.6) is 0 Å². The Bertz CT molecular complexity index is 1450. The maximum absolute atomic E-state index is 12.3. The van der Waals surface area contributed by atoms with E-state index < -0.39 is 5.97 Å². The number of carbonyl (C=O) groups excluding carboxylic acids is 2. The summed E-state index contributed by atoms with van der Waals surface area (Å²) in [5, 5.41) is 6.69. The zero-order valence-corrected chi connectivity index (χ0v) is 21.0. The predicted octanol–water partition coefficient (Wildman–Crippen LogP) is 5.26. The van der Waals surface area contributed by atoms with E-state index in [2.05, 4.69) is 15.6 Å². The number of hydrogen-bond acceptors (Lipinski definition) is 6. The highest BCUT2D eigenvalue weighted by Gasteiger charge is 2.42. The summed E-state index contributed by atoms with van der Waals surface area (Å²) >= 11 is 5.76. The summed E-state index contributed by atoms with van der Waals surface area (Å²) in [6.07, 6.45) is 1.74. The summed E-state index contributed by atoms with van der Waals surface area (Å²) in [7, 11) is 1.35. The number of benzene rings is 2. The van der Waals surface area contributed by atoms with Gasteiger partial charge >= 0.3 is 5.97 Å². The molecule has 0 spiro atoms. The number of thiocarbonyl (C=S) groups is 1. The number of nitrogens with one attached hydrogen (secondary N) is 2. The van der Waals surface area contributed by atoms with Crippen LogP contribution in [-0.2, 0) is 9.53 Å². The van der Waals surface area contributed by atoms with E-state index in [1.54, 1.807) is 18.3 Å². The molecule has 2 aromatic carbocycles. The number of rotatable bonds is 6. The van der Waals surface area contributed by atoms with Gasteiger partial charge in [-0.15, -0.1) is 0 Å². The highest BCUT2D eigenvalue weighted by Crippen LogP contribution is 2.43. The molecular formula is C28H24N4O4S. The Morgan fingerprint density at radius 1 is 1.03 bits per heavy atom. The summed E-state index contributed by atoms with van der Waals surface area (Å²) in [6, 6.07) is 23.4. The third-order valence-corrected chi connectivity index (χ3v) is 6.39. The van der Waals surface area contributed by atoms with Gasteiger partial charge in [0.05, 0.1) is 24.4 Å². The van der Waals surface area contributed by atoms with Crippen LogP contribution in [0, 0.1) is 0 Å². The molecule has 1 aliphatic heterocycles. The SMILES string of the molecule is COC(=O)c1ccccc1-c1ccc([C@@H]2[C@@H](c3ccccn3)NC(=S)N2c2ccc(NC(C)=O)cc2)o1. The normalized spacial score (nSPS) is 16.8. The molecule has 0 bridgehead atoms. The molecule has 0 aliphatic carbocycles. The van der Waals surface area contributed by atoms with Gasteiger partial charge in [-0.05, 0) is 66.8 Å². The lowest BCUT2D eigenvalue weighted by Crippen LogP contribution is -2.29. The number of anilines is 2. The van der Waals surface area contributed by atoms with E-state index in [9.17, 15) is 9.59 Å². The Morgan fingerprint density at radius 3 is 2.49 bits per heavy atom. The molecule has 2 aromatic heterocycles. The maximum atomic E-state index is 12.3. The zero-order chi connectivity index (χ0) is 25.9. The number of furan rings is 1. The van der Waals surface area contributed by atoms with E-state index >= 15 is 0 Å². The minimum Gasteiger partial charge on any atom is -0.465 e. The first-order valence-corrected chi connectivity index (χ1v) is 12.0. The number of pyridine rings is 1. The first-order valence-electron chi connectivity index (χ1n) is 11.6. The van der Waals surface area contributed by atoms with Crippen molar-refractivity contribution in [3.63, 3.8) is 0 Å². The van der Waals surface area contributed by atoms with Gasteiger partial charge < -0.3 is 24.7 Å². The van der Waals surface area contributed by atoms with Crippen LogP contribution >= 0.6 is 12.2 Å². The average molecular weight is 513 g/mol. The average Bonchev–Trinajstić information content (AvgIpc) is 3.53. The van der Waals surface area contributed by atoms with Gasteiger partial charge in [0.25, 0.3) is 0 Å². The van der Waals surface area contributed by atoms with Gasteiger partial charge in [-0.2, -0.15) is 0 Å². The van der Waals surface area contributed by atoms with Crippen molar-refractivity contribution in [1.82, 2.24) is 10.3 Å². The number of nitrogens with zero attached hydrogens (tertiary/aromatic N) is 2. The topological polar surface area (TPSA) is 96.7 Å². The molecule has 1 saturated heterocycles. The Kier molecular flexibility index (Phi) is 6.70. The molecule has 2 atom stereocenters. The highest BCUT2D eigenvalue weighted by molar-refractivity contribution is 7.80. The van der Waals surface area contributed by atoms with Crippen LogP contribution in [0.3, 0.4) is 0 Å². The number of carbonyl (C=O) groups is 2. The molecule has 1 amide bonds. The minimum absolute atomic E-state index is 0.144. The second-order valence-corrected chi connectivity index (χ2v) is 8.85. The van der Waals surface area contributed by atoms with Crippen molar-refractivity contribution in [2.24, 2.45) is 0 Å². The Morgan fingerprint density at radius 2 is 1.78 bits per heavy atom. The molecule has 1 aliphatic rings. The third kappa shape index (κ3) is 4.81. The van der Waals surface area contributed by atoms with Crippen LogP contribution < -0.4 is 15.5 Å². The molecule has 0 radical (unpaired) electrons. The van der Waals surface area contributed by atoms with Gasteiger partial charge in [0.15, 0.2) is 5.11 Å². The fourth-order valence-electron chi connectivity index (χ4n) is 4.47. The van der Waals surface area contributed by atoms with Crippen LogP contribution in [-0.4, -0.2) is 29.1 Å². The second-order valence-electron chi connectivity index (χ2n) is 8.46. The molecule has 186 valence electrons. The Labute approximate surface area is 219 Å². The molecule has 3 heterocycles. The van der Waals surface area contributed by atoms with Crippen LogP contribution in [0.1, 0.15) is 40.8 Å². The standard InChI is InChI=1S/C28H24N4O4S/c1-17(33)30-18-10-12-19(13-11-18)32-26(25(31-28(32)37)22-9-5-6-16-29-22)24-15-14-23(36-24)20-7-3-4-8-21(20)27(34)35-2/h3-16,25-26H,1-2H3,(H,30,33)(H,31,37)/t25-,26-/m1/s1. The Balaban J connectivity index is 1.57. The van der Waals surface area contributed by atoms with Crippen molar-refractivity contribution in [3.05, 3.63) is 102 Å². The number of aromatic nitrogens is 1. The summed E-state index contributed by atoms with van der Waals surface area (Å²) in [5.74, 6) is 0.595. The number of hydrogen-bond donors (Lipinski definition) is 2. The molecule has 8 nitrogen and oxygen atoms in total. The third-order valence-electron chi connectivity index (χ3n) is 6.08. The summed E-state index contributed by atoms with van der Waals surface area (Å²) in [6.45, 7) is 1.47. The molecular weight excluding hydrogens is 488 g/mol. The van der Waals surface area contributed by atoms with Gasteiger partial charge in [0, 0.05) is 30.1 Å². The Hall–Kier alpha value is -4.50. The molecule has 37 heavy (non-hydrogen) atoms. The van der Waals surface area contributed by atoms with Crippen LogP contribution in [0.25, 0.3) is 11.3 Å². The monoisotopic (exact) mass is 512 g/mol. The minimum atomic E-state index is -0.440. The van der Waals surface area contributed by atoms with E-state index in [4.69, 9.17) is 21.4 Å². The first kappa shape index (κ1) is 24.2. The van der Waals surface area contributed by atoms with E-state index in [0.717, 1.165) is 11.4 Å². The largest absolute Gasteiger partial charge is 0.465 e. The molecule has 0 saturated carbocycles. The lowest BCUT2D eigenvalue weighted by molar-refractivity contribution is -0.114. The number of ether oxygens (including phenoxy) is 1. The molecule has 5 rings (SSSR count). The van der Waals surface area contributed by atoms with Crippen LogP contribution in [0.4, 0.5) is 11.4 Å². The number of amides is 1. The quantitative estimate of drug-likeness (QED) is 0.267. The van der Waals surface area contributed by atoms with Crippen molar-refractivity contribution in [1.29, 1.82) is 0 Å². The summed E-state index contributed by atoms with van der Waals surface area (Å²) in [4.78, 5) is 30.3. The lowest BCUT2D eigenvalue weighted by atomic mass is 10.0. The smallest absolute Gasteiger partial charge is 0.338 e. The zero-order valence-electron chi connectivity index (χ0n) is 20.2. The molecule has 1 fully saturated rings. The van der Waals surface area contributed by atoms with Crippen LogP contribution in [0.2, 0.25) is 0 Å². The summed E-state index contributed by atoms with van der Waals surface area (Å²) < 4.78 is 11.3. The maximum Gasteiger partial charge on any atom is 0.338 e. The van der Waals surface area contributed by atoms with E-state index in [-0.39, 0.29) is 18.0 Å². The molecule has 2 N–H and O–H groups in total. The van der Waals surface area contributed by atoms with Gasteiger partial charge in [-0.1, -0.05) is 24.3 Å². The van der Waals surface area contributed by atoms with Crippen molar-refractivity contribution >= 4 is 40.6 Å². The lowest BCUT2D eigenvalue weighted by Gasteiger charge is -2.26.